The molecule has 0 radical (unpaired) electrons. The number of rotatable bonds is 2. The minimum absolute atomic E-state index is 0.347. The van der Waals surface area contributed by atoms with Gasteiger partial charge in [0.1, 0.15) is 11.8 Å². The van der Waals surface area contributed by atoms with E-state index < -0.39 is 0 Å². The fraction of sp³-hybridized carbons (Fsp3) is 0.381. The van der Waals surface area contributed by atoms with Gasteiger partial charge in [-0.2, -0.15) is 10.4 Å². The van der Waals surface area contributed by atoms with Crippen molar-refractivity contribution in [2.45, 2.75) is 19.4 Å². The molecule has 142 valence electrons. The average Bonchev–Trinajstić information content (AvgIpc) is 3.23. The summed E-state index contributed by atoms with van der Waals surface area (Å²) in [5.41, 5.74) is 6.34. The fourth-order valence-electron chi connectivity index (χ4n) is 4.40. The normalized spacial score (nSPS) is 19.5. The first-order valence-electron chi connectivity index (χ1n) is 9.81. The molecular formula is C21H23N7. The van der Waals surface area contributed by atoms with E-state index in [9.17, 15) is 5.26 Å². The van der Waals surface area contributed by atoms with E-state index in [2.05, 4.69) is 39.3 Å². The van der Waals surface area contributed by atoms with Gasteiger partial charge in [0.25, 0.3) is 0 Å². The Labute approximate surface area is 164 Å². The van der Waals surface area contributed by atoms with Crippen LogP contribution in [0.3, 0.4) is 0 Å². The number of nitriles is 1. The Morgan fingerprint density at radius 2 is 2.04 bits per heavy atom. The van der Waals surface area contributed by atoms with Crippen molar-refractivity contribution in [2.24, 2.45) is 0 Å². The number of pyridine rings is 2. The van der Waals surface area contributed by atoms with Crippen molar-refractivity contribution in [1.82, 2.24) is 19.9 Å². The summed E-state index contributed by atoms with van der Waals surface area (Å²) in [7, 11) is 0. The molecule has 0 aromatic carbocycles. The highest BCUT2D eigenvalue weighted by molar-refractivity contribution is 5.74. The number of nitrogens with zero attached hydrogens (tertiary/aromatic N) is 6. The lowest BCUT2D eigenvalue weighted by atomic mass is 9.95. The number of nitrogens with one attached hydrogen (secondary N) is 1. The third-order valence-corrected chi connectivity index (χ3v) is 5.78. The highest BCUT2D eigenvalue weighted by Gasteiger charge is 2.26. The molecule has 5 heterocycles. The van der Waals surface area contributed by atoms with Gasteiger partial charge in [0.05, 0.1) is 35.0 Å². The van der Waals surface area contributed by atoms with E-state index in [1.54, 1.807) is 10.7 Å². The van der Waals surface area contributed by atoms with Crippen LogP contribution in [-0.4, -0.2) is 47.3 Å². The van der Waals surface area contributed by atoms with Gasteiger partial charge in [0.2, 0.25) is 0 Å². The number of fused-ring (bicyclic) bond motifs is 2. The van der Waals surface area contributed by atoms with Crippen molar-refractivity contribution >= 4 is 16.9 Å². The molecule has 0 bridgehead atoms. The zero-order chi connectivity index (χ0) is 19.1. The summed E-state index contributed by atoms with van der Waals surface area (Å²) in [4.78, 5) is 9.62. The molecule has 5 rings (SSSR count). The minimum atomic E-state index is 0.347. The lowest BCUT2D eigenvalue weighted by Gasteiger charge is -2.36. The quantitative estimate of drug-likeness (QED) is 0.742. The standard InChI is InChI=1S/C21H23N7/c1-15-13-27(19-3-2-17(11-22)28-20(19)4-5-25-28)14-16-10-18(12-24-21(15)16)26-8-6-23-7-9-26/h2-5,10,12,15,23H,6-9,13-14H2,1H3/t15-/m0/s1. The Hall–Kier alpha value is -3.11. The van der Waals surface area contributed by atoms with E-state index in [0.29, 0.717) is 11.6 Å². The highest BCUT2D eigenvalue weighted by atomic mass is 15.2. The maximum Gasteiger partial charge on any atom is 0.142 e. The number of hydrogen-bond acceptors (Lipinski definition) is 6. The Bertz CT molecular complexity index is 1060. The maximum absolute atomic E-state index is 9.34. The van der Waals surface area contributed by atoms with Gasteiger partial charge < -0.3 is 15.1 Å². The summed E-state index contributed by atoms with van der Waals surface area (Å²) in [5.74, 6) is 0.347. The van der Waals surface area contributed by atoms with Crippen molar-refractivity contribution in [1.29, 1.82) is 5.26 Å². The van der Waals surface area contributed by atoms with Crippen molar-refractivity contribution in [3.8, 4) is 6.07 Å². The van der Waals surface area contributed by atoms with Crippen molar-refractivity contribution < 1.29 is 0 Å². The molecule has 3 aromatic rings. The fourth-order valence-corrected chi connectivity index (χ4v) is 4.40. The second kappa shape index (κ2) is 6.80. The van der Waals surface area contributed by atoms with Crippen molar-refractivity contribution in [3.05, 3.63) is 53.6 Å². The lowest BCUT2D eigenvalue weighted by molar-refractivity contribution is 0.585. The summed E-state index contributed by atoms with van der Waals surface area (Å²) in [6.07, 6.45) is 3.79. The van der Waals surface area contributed by atoms with Gasteiger partial charge in [0.15, 0.2) is 0 Å². The highest BCUT2D eigenvalue weighted by Crippen LogP contribution is 2.34. The molecule has 1 fully saturated rings. The van der Waals surface area contributed by atoms with E-state index >= 15 is 0 Å². The predicted octanol–water partition coefficient (Wildman–Crippen LogP) is 2.13. The van der Waals surface area contributed by atoms with Crippen LogP contribution < -0.4 is 15.1 Å². The molecule has 28 heavy (non-hydrogen) atoms. The molecule has 7 nitrogen and oxygen atoms in total. The molecule has 1 N–H and O–H groups in total. The predicted molar refractivity (Wildman–Crippen MR) is 109 cm³/mol. The first kappa shape index (κ1) is 17.0. The molecule has 0 amide bonds. The molecule has 1 atom stereocenters. The molecule has 7 heteroatoms. The van der Waals surface area contributed by atoms with Crippen LogP contribution in [0.1, 0.15) is 29.8 Å². The smallest absolute Gasteiger partial charge is 0.142 e. The van der Waals surface area contributed by atoms with Crippen LogP contribution in [0.4, 0.5) is 11.4 Å². The Kier molecular flexibility index (Phi) is 4.14. The van der Waals surface area contributed by atoms with E-state index in [1.807, 2.05) is 24.4 Å². The first-order valence-corrected chi connectivity index (χ1v) is 9.81. The molecule has 2 aliphatic heterocycles. The Balaban J connectivity index is 1.51. The Morgan fingerprint density at radius 1 is 1.18 bits per heavy atom. The van der Waals surface area contributed by atoms with Gasteiger partial charge in [-0.15, -0.1) is 0 Å². The van der Waals surface area contributed by atoms with Crippen molar-refractivity contribution in [3.63, 3.8) is 0 Å². The second-order valence-corrected chi connectivity index (χ2v) is 7.60. The van der Waals surface area contributed by atoms with Gasteiger partial charge in [-0.25, -0.2) is 4.52 Å². The average molecular weight is 373 g/mol. The lowest BCUT2D eigenvalue weighted by Crippen LogP contribution is -2.43. The molecule has 0 aliphatic carbocycles. The number of aromatic nitrogens is 3. The largest absolute Gasteiger partial charge is 0.368 e. The minimum Gasteiger partial charge on any atom is -0.368 e. The van der Waals surface area contributed by atoms with E-state index in [0.717, 1.165) is 50.5 Å². The molecule has 0 spiro atoms. The number of anilines is 2. The molecule has 0 unspecified atom stereocenters. The summed E-state index contributed by atoms with van der Waals surface area (Å²) in [6.45, 7) is 8.03. The zero-order valence-electron chi connectivity index (χ0n) is 16.0. The number of piperazine rings is 1. The molecule has 2 aliphatic rings. The van der Waals surface area contributed by atoms with Gasteiger partial charge >= 0.3 is 0 Å². The first-order chi connectivity index (χ1) is 13.7. The van der Waals surface area contributed by atoms with Crippen LogP contribution in [0.5, 0.6) is 0 Å². The SMILES string of the molecule is C[C@H]1CN(c2ccc(C#N)n3nccc23)Cc2cc(N3CCNCC3)cnc21. The molecule has 0 saturated carbocycles. The van der Waals surface area contributed by atoms with Crippen LogP contribution in [0.2, 0.25) is 0 Å². The molecular weight excluding hydrogens is 350 g/mol. The maximum atomic E-state index is 9.34. The summed E-state index contributed by atoms with van der Waals surface area (Å²) < 4.78 is 1.73. The van der Waals surface area contributed by atoms with Crippen molar-refractivity contribution in [2.75, 3.05) is 42.5 Å². The molecule has 3 aromatic heterocycles. The van der Waals surface area contributed by atoms with E-state index in [4.69, 9.17) is 4.98 Å². The second-order valence-electron chi connectivity index (χ2n) is 7.60. The summed E-state index contributed by atoms with van der Waals surface area (Å²) >= 11 is 0. The zero-order valence-corrected chi connectivity index (χ0v) is 16.0. The van der Waals surface area contributed by atoms with E-state index in [1.165, 1.54) is 16.9 Å². The Morgan fingerprint density at radius 3 is 2.86 bits per heavy atom. The van der Waals surface area contributed by atoms with Crippen LogP contribution in [-0.2, 0) is 6.54 Å². The van der Waals surface area contributed by atoms with Crippen LogP contribution in [0.25, 0.3) is 5.52 Å². The van der Waals surface area contributed by atoms with Gasteiger partial charge in [0, 0.05) is 45.2 Å². The van der Waals surface area contributed by atoms with Gasteiger partial charge in [-0.05, 0) is 29.8 Å². The van der Waals surface area contributed by atoms with Crippen LogP contribution in [0.15, 0.2) is 36.7 Å². The number of hydrogen-bond donors (Lipinski definition) is 1. The monoisotopic (exact) mass is 373 g/mol. The third kappa shape index (κ3) is 2.77. The van der Waals surface area contributed by atoms with Crippen LogP contribution in [0, 0.1) is 11.3 Å². The van der Waals surface area contributed by atoms with Gasteiger partial charge in [-0.3, -0.25) is 4.98 Å². The topological polar surface area (TPSA) is 72.5 Å². The summed E-state index contributed by atoms with van der Waals surface area (Å²) in [6, 6.07) is 10.4. The van der Waals surface area contributed by atoms with Gasteiger partial charge in [-0.1, -0.05) is 6.92 Å². The van der Waals surface area contributed by atoms with E-state index in [-0.39, 0.29) is 0 Å². The molecule has 1 saturated heterocycles. The third-order valence-electron chi connectivity index (χ3n) is 5.78. The summed E-state index contributed by atoms with van der Waals surface area (Å²) in [5, 5.41) is 17.1. The van der Waals surface area contributed by atoms with Crippen LogP contribution >= 0.6 is 0 Å².